The smallest absolute Gasteiger partial charge is 0.0998 e. The van der Waals surface area contributed by atoms with Gasteiger partial charge < -0.3 is 9.30 Å². The zero-order chi connectivity index (χ0) is 30.1. The van der Waals surface area contributed by atoms with Gasteiger partial charge in [-0.15, -0.1) is 0 Å². The van der Waals surface area contributed by atoms with E-state index in [0.29, 0.717) is 24.4 Å². The van der Waals surface area contributed by atoms with Crippen LogP contribution in [-0.2, 0) is 29.7 Å². The molecule has 8 rings (SSSR count). The third-order valence-electron chi connectivity index (χ3n) is 10.3. The zero-order valence-corrected chi connectivity index (χ0v) is 25.8. The predicted octanol–water partition coefficient (Wildman–Crippen LogP) is 9.19. The molecule has 0 bridgehead atoms. The van der Waals surface area contributed by atoms with E-state index < -0.39 is 0 Å². The van der Waals surface area contributed by atoms with E-state index in [1.165, 1.54) is 45.6 Å². The number of hydrogen-bond acceptors (Lipinski definition) is 2. The molecule has 3 aliphatic rings. The number of fused-ring (bicyclic) bond motifs is 2. The monoisotopic (exact) mass is 588 g/mol. The van der Waals surface area contributed by atoms with Crippen LogP contribution in [0.4, 0.5) is 0 Å². The zero-order valence-electron chi connectivity index (χ0n) is 25.8. The van der Waals surface area contributed by atoms with Crippen molar-refractivity contribution in [2.24, 2.45) is 17.8 Å². The largest absolute Gasteiger partial charge is 0.376 e. The Morgan fingerprint density at radius 3 is 2.16 bits per heavy atom. The number of ether oxygens (including phenoxy) is 1. The molecule has 0 saturated heterocycles. The Kier molecular flexibility index (Phi) is 7.56. The number of aromatic nitrogens is 2. The molecule has 3 atom stereocenters. The van der Waals surface area contributed by atoms with Crippen molar-refractivity contribution in [1.82, 2.24) is 9.55 Å². The van der Waals surface area contributed by atoms with Crippen LogP contribution >= 0.6 is 0 Å². The van der Waals surface area contributed by atoms with Gasteiger partial charge in [0.05, 0.1) is 30.8 Å². The van der Waals surface area contributed by atoms with E-state index in [2.05, 4.69) is 144 Å². The second-order valence-corrected chi connectivity index (χ2v) is 13.1. The van der Waals surface area contributed by atoms with Crippen molar-refractivity contribution in [3.8, 4) is 11.1 Å². The van der Waals surface area contributed by atoms with Crippen LogP contribution in [0.1, 0.15) is 47.3 Å². The predicted molar refractivity (Wildman–Crippen MR) is 182 cm³/mol. The lowest BCUT2D eigenvalue weighted by Gasteiger charge is -2.40. The van der Waals surface area contributed by atoms with E-state index in [1.807, 2.05) is 0 Å². The lowest BCUT2D eigenvalue weighted by molar-refractivity contribution is 0.0816. The van der Waals surface area contributed by atoms with Gasteiger partial charge in [-0.3, -0.25) is 0 Å². The third kappa shape index (κ3) is 5.51. The number of nitrogens with zero attached hydrogens (tertiary/aromatic N) is 2. The minimum Gasteiger partial charge on any atom is -0.376 e. The quantitative estimate of drug-likeness (QED) is 0.163. The molecule has 3 heteroatoms. The van der Waals surface area contributed by atoms with Crippen LogP contribution in [0, 0.1) is 17.8 Å². The van der Waals surface area contributed by atoms with Gasteiger partial charge in [0.1, 0.15) is 0 Å². The topological polar surface area (TPSA) is 27.1 Å². The average Bonchev–Trinajstić information content (AvgIpc) is 3.80. The summed E-state index contributed by atoms with van der Waals surface area (Å²) in [6.07, 6.45) is 14.5. The summed E-state index contributed by atoms with van der Waals surface area (Å²) in [5.74, 6) is 1.87. The second-order valence-electron chi connectivity index (χ2n) is 13.1. The molecule has 5 aromatic rings. The molecule has 0 radical (unpaired) electrons. The van der Waals surface area contributed by atoms with Crippen molar-refractivity contribution in [2.45, 2.75) is 44.2 Å². The summed E-state index contributed by atoms with van der Waals surface area (Å²) in [4.78, 5) is 5.13. The summed E-state index contributed by atoms with van der Waals surface area (Å²) in [6.45, 7) is 1.40. The van der Waals surface area contributed by atoms with Crippen LogP contribution in [-0.4, -0.2) is 16.2 Å². The van der Waals surface area contributed by atoms with Crippen molar-refractivity contribution in [3.63, 3.8) is 0 Å². The summed E-state index contributed by atoms with van der Waals surface area (Å²) < 4.78 is 8.85. The van der Waals surface area contributed by atoms with Gasteiger partial charge in [-0.1, -0.05) is 139 Å². The highest BCUT2D eigenvalue weighted by Gasteiger charge is 2.46. The second kappa shape index (κ2) is 12.1. The minimum atomic E-state index is -0.345. The highest BCUT2D eigenvalue weighted by molar-refractivity contribution is 5.63. The standard InChI is InChI=1S/C42H40N2O/c1-4-11-33(12-5-1)34-22-19-31(20-23-34)28-45-29-32-21-24-41-40(25-32)43-30-44(41)42(37-15-6-2-7-16-37,38-17-8-3-9-18-38)27-36-14-10-13-35-26-39(35)36/h1-20,22-23,30,32,35,39H,21,24-29H2. The number of rotatable bonds is 10. The SMILES string of the molecule is C1=CC2CC2C(CC(c2ccccc2)(c2ccccc2)n2cnc3c2CCC(COCc2ccc(-c4ccccc4)cc2)C3)=C1. The molecule has 1 fully saturated rings. The summed E-state index contributed by atoms with van der Waals surface area (Å²) >= 11 is 0. The van der Waals surface area contributed by atoms with E-state index in [9.17, 15) is 0 Å². The Bertz CT molecular complexity index is 1760. The van der Waals surface area contributed by atoms with Crippen molar-refractivity contribution >= 4 is 0 Å². The lowest BCUT2D eigenvalue weighted by Crippen LogP contribution is -2.39. The minimum absolute atomic E-state index is 0.345. The van der Waals surface area contributed by atoms with Crippen LogP contribution in [0.5, 0.6) is 0 Å². The normalized spacial score (nSPS) is 20.3. The Hall–Kier alpha value is -4.47. The Morgan fingerprint density at radius 2 is 1.44 bits per heavy atom. The molecule has 224 valence electrons. The highest BCUT2D eigenvalue weighted by atomic mass is 16.5. The van der Waals surface area contributed by atoms with Gasteiger partial charge in [0, 0.05) is 12.1 Å². The fourth-order valence-corrected chi connectivity index (χ4v) is 7.75. The number of allylic oxidation sites excluding steroid dienone is 4. The molecule has 4 aromatic carbocycles. The van der Waals surface area contributed by atoms with Gasteiger partial charge in [-0.05, 0) is 71.3 Å². The van der Waals surface area contributed by atoms with Gasteiger partial charge in [-0.2, -0.15) is 0 Å². The van der Waals surface area contributed by atoms with E-state index >= 15 is 0 Å². The molecule has 3 unspecified atom stereocenters. The fourth-order valence-electron chi connectivity index (χ4n) is 7.75. The molecule has 1 saturated carbocycles. The molecule has 3 aliphatic carbocycles. The Balaban J connectivity index is 1.04. The first-order valence-corrected chi connectivity index (χ1v) is 16.5. The molecule has 1 aromatic heterocycles. The molecule has 1 heterocycles. The van der Waals surface area contributed by atoms with E-state index in [-0.39, 0.29) is 5.54 Å². The molecule has 0 spiro atoms. The Morgan fingerprint density at radius 1 is 0.778 bits per heavy atom. The maximum atomic E-state index is 6.30. The van der Waals surface area contributed by atoms with Crippen LogP contribution in [0.2, 0.25) is 0 Å². The van der Waals surface area contributed by atoms with Crippen LogP contribution in [0.25, 0.3) is 11.1 Å². The van der Waals surface area contributed by atoms with Crippen LogP contribution < -0.4 is 0 Å². The van der Waals surface area contributed by atoms with Crippen LogP contribution in [0.15, 0.2) is 145 Å². The number of imidazole rings is 1. The summed E-state index contributed by atoms with van der Waals surface area (Å²) in [5.41, 5.74) is 10.2. The maximum absolute atomic E-state index is 6.30. The van der Waals surface area contributed by atoms with Crippen molar-refractivity contribution < 1.29 is 4.74 Å². The fraction of sp³-hybridized carbons (Fsp3) is 0.262. The van der Waals surface area contributed by atoms with E-state index in [4.69, 9.17) is 9.72 Å². The first kappa shape index (κ1) is 28.0. The molecular formula is C42H40N2O. The van der Waals surface area contributed by atoms with Crippen molar-refractivity contribution in [2.75, 3.05) is 6.61 Å². The van der Waals surface area contributed by atoms with Crippen molar-refractivity contribution in [3.05, 3.63) is 173 Å². The van der Waals surface area contributed by atoms with Gasteiger partial charge in [0.2, 0.25) is 0 Å². The summed E-state index contributed by atoms with van der Waals surface area (Å²) in [5, 5.41) is 0. The molecule has 45 heavy (non-hydrogen) atoms. The molecule has 0 amide bonds. The van der Waals surface area contributed by atoms with Gasteiger partial charge in [0.25, 0.3) is 0 Å². The molecule has 0 aliphatic heterocycles. The van der Waals surface area contributed by atoms with E-state index in [0.717, 1.165) is 32.3 Å². The third-order valence-corrected chi connectivity index (χ3v) is 10.3. The average molecular weight is 589 g/mol. The Labute approximate surface area is 266 Å². The molecular weight excluding hydrogens is 548 g/mol. The highest BCUT2D eigenvalue weighted by Crippen LogP contribution is 2.53. The lowest BCUT2D eigenvalue weighted by atomic mass is 9.75. The first-order valence-electron chi connectivity index (χ1n) is 16.5. The molecule has 3 nitrogen and oxygen atoms in total. The van der Waals surface area contributed by atoms with Gasteiger partial charge in [-0.25, -0.2) is 4.98 Å². The number of benzene rings is 4. The number of hydrogen-bond donors (Lipinski definition) is 0. The van der Waals surface area contributed by atoms with Crippen LogP contribution in [0.3, 0.4) is 0 Å². The molecule has 0 N–H and O–H groups in total. The van der Waals surface area contributed by atoms with Crippen molar-refractivity contribution in [1.29, 1.82) is 0 Å². The van der Waals surface area contributed by atoms with Gasteiger partial charge >= 0.3 is 0 Å². The first-order chi connectivity index (χ1) is 22.3. The van der Waals surface area contributed by atoms with Gasteiger partial charge in [0.15, 0.2) is 0 Å². The summed E-state index contributed by atoms with van der Waals surface area (Å²) in [7, 11) is 0. The summed E-state index contributed by atoms with van der Waals surface area (Å²) in [6, 6.07) is 41.6. The van der Waals surface area contributed by atoms with E-state index in [1.54, 1.807) is 5.57 Å². The maximum Gasteiger partial charge on any atom is 0.0998 e.